The molecule has 1 heterocycles. The maximum Gasteiger partial charge on any atom is 0.288 e. The van der Waals surface area contributed by atoms with Crippen LogP contribution in [-0.4, -0.2) is 22.9 Å². The third-order valence-electron chi connectivity index (χ3n) is 3.74. The molecule has 0 aliphatic heterocycles. The summed E-state index contributed by atoms with van der Waals surface area (Å²) in [5.41, 5.74) is 7.24. The van der Waals surface area contributed by atoms with E-state index in [0.29, 0.717) is 11.7 Å². The standard InChI is InChI=1S/C19H23N3O3/c1-12(2)16-9-8-15(11-13(16)3)25-14(4)18(23)21-22-19(24)17-7-5-6-10-20-17/h5-12,14H,1-4H3,(H,21,23)(H,22,24)/t14-/m0/s1. The van der Waals surface area contributed by atoms with Crippen LogP contribution in [0.4, 0.5) is 0 Å². The topological polar surface area (TPSA) is 80.3 Å². The summed E-state index contributed by atoms with van der Waals surface area (Å²) in [5, 5.41) is 0. The zero-order chi connectivity index (χ0) is 18.4. The number of amides is 2. The minimum Gasteiger partial charge on any atom is -0.481 e. The summed E-state index contributed by atoms with van der Waals surface area (Å²) in [6.07, 6.45) is 0.749. The van der Waals surface area contributed by atoms with Gasteiger partial charge in [0, 0.05) is 6.20 Å². The number of carbonyl (C=O) groups excluding carboxylic acids is 2. The highest BCUT2D eigenvalue weighted by Gasteiger charge is 2.16. The Morgan fingerprint density at radius 1 is 1.08 bits per heavy atom. The lowest BCUT2D eigenvalue weighted by molar-refractivity contribution is -0.128. The molecular formula is C19H23N3O3. The van der Waals surface area contributed by atoms with Gasteiger partial charge < -0.3 is 4.74 Å². The molecule has 2 rings (SSSR count). The Kier molecular flexibility index (Phi) is 6.11. The predicted octanol–water partition coefficient (Wildman–Crippen LogP) is 2.74. The zero-order valence-corrected chi connectivity index (χ0v) is 14.9. The van der Waals surface area contributed by atoms with Gasteiger partial charge in [0.1, 0.15) is 11.4 Å². The first-order chi connectivity index (χ1) is 11.9. The van der Waals surface area contributed by atoms with Gasteiger partial charge in [-0.15, -0.1) is 0 Å². The van der Waals surface area contributed by atoms with Gasteiger partial charge in [-0.1, -0.05) is 26.0 Å². The van der Waals surface area contributed by atoms with Gasteiger partial charge in [0.25, 0.3) is 11.8 Å². The number of aryl methyl sites for hydroxylation is 1. The predicted molar refractivity (Wildman–Crippen MR) is 95.2 cm³/mol. The normalized spacial score (nSPS) is 11.7. The summed E-state index contributed by atoms with van der Waals surface area (Å²) in [4.78, 5) is 27.8. The van der Waals surface area contributed by atoms with Crippen LogP contribution >= 0.6 is 0 Å². The van der Waals surface area contributed by atoms with Crippen LogP contribution in [0.15, 0.2) is 42.6 Å². The Hall–Kier alpha value is -2.89. The van der Waals surface area contributed by atoms with Crippen molar-refractivity contribution in [3.8, 4) is 5.75 Å². The second kappa shape index (κ2) is 8.28. The van der Waals surface area contributed by atoms with E-state index in [1.54, 1.807) is 25.1 Å². The second-order valence-corrected chi connectivity index (χ2v) is 6.09. The monoisotopic (exact) mass is 341 g/mol. The van der Waals surface area contributed by atoms with E-state index in [1.807, 2.05) is 25.1 Å². The molecule has 1 atom stereocenters. The maximum absolute atomic E-state index is 12.1. The summed E-state index contributed by atoms with van der Waals surface area (Å²) < 4.78 is 5.65. The summed E-state index contributed by atoms with van der Waals surface area (Å²) in [7, 11) is 0. The van der Waals surface area contributed by atoms with Crippen LogP contribution in [0.5, 0.6) is 5.75 Å². The van der Waals surface area contributed by atoms with Crippen LogP contribution < -0.4 is 15.6 Å². The molecule has 0 fully saturated rings. The molecule has 0 aliphatic carbocycles. The van der Waals surface area contributed by atoms with Crippen LogP contribution in [0, 0.1) is 6.92 Å². The highest BCUT2D eigenvalue weighted by molar-refractivity contribution is 5.94. The van der Waals surface area contributed by atoms with Crippen LogP contribution in [0.1, 0.15) is 48.3 Å². The molecule has 0 bridgehead atoms. The third-order valence-corrected chi connectivity index (χ3v) is 3.74. The van der Waals surface area contributed by atoms with Gasteiger partial charge >= 0.3 is 0 Å². The van der Waals surface area contributed by atoms with E-state index >= 15 is 0 Å². The number of rotatable bonds is 5. The summed E-state index contributed by atoms with van der Waals surface area (Å²) >= 11 is 0. The fourth-order valence-electron chi connectivity index (χ4n) is 2.41. The van der Waals surface area contributed by atoms with E-state index in [-0.39, 0.29) is 5.69 Å². The number of carbonyl (C=O) groups is 2. The largest absolute Gasteiger partial charge is 0.481 e. The van der Waals surface area contributed by atoms with Gasteiger partial charge in [0.2, 0.25) is 0 Å². The van der Waals surface area contributed by atoms with Crippen LogP contribution in [-0.2, 0) is 4.79 Å². The molecule has 0 saturated carbocycles. The van der Waals surface area contributed by atoms with Gasteiger partial charge in [-0.25, -0.2) is 0 Å². The van der Waals surface area contributed by atoms with Crippen molar-refractivity contribution in [1.82, 2.24) is 15.8 Å². The SMILES string of the molecule is Cc1cc(O[C@@H](C)C(=O)NNC(=O)c2ccccn2)ccc1C(C)C. The lowest BCUT2D eigenvalue weighted by Gasteiger charge is -2.17. The number of hydrazine groups is 1. The fourth-order valence-corrected chi connectivity index (χ4v) is 2.41. The van der Waals surface area contributed by atoms with E-state index in [2.05, 4.69) is 29.7 Å². The van der Waals surface area contributed by atoms with Crippen molar-refractivity contribution in [2.24, 2.45) is 0 Å². The van der Waals surface area contributed by atoms with E-state index in [0.717, 1.165) is 5.56 Å². The molecule has 1 aromatic heterocycles. The lowest BCUT2D eigenvalue weighted by Crippen LogP contribution is -2.47. The first kappa shape index (κ1) is 18.4. The highest BCUT2D eigenvalue weighted by Crippen LogP contribution is 2.24. The second-order valence-electron chi connectivity index (χ2n) is 6.09. The zero-order valence-electron chi connectivity index (χ0n) is 14.9. The van der Waals surface area contributed by atoms with E-state index in [1.165, 1.54) is 11.8 Å². The molecule has 2 aromatic rings. The molecule has 2 N–H and O–H groups in total. The Bertz CT molecular complexity index is 745. The molecule has 132 valence electrons. The van der Waals surface area contributed by atoms with Crippen molar-refractivity contribution in [2.45, 2.75) is 39.7 Å². The molecule has 0 radical (unpaired) electrons. The van der Waals surface area contributed by atoms with Gasteiger partial charge in [0.05, 0.1) is 0 Å². The van der Waals surface area contributed by atoms with E-state index in [4.69, 9.17) is 4.74 Å². The number of benzene rings is 1. The molecule has 2 amide bonds. The average molecular weight is 341 g/mol. The Morgan fingerprint density at radius 2 is 1.84 bits per heavy atom. The van der Waals surface area contributed by atoms with E-state index in [9.17, 15) is 9.59 Å². The number of hydrogen-bond acceptors (Lipinski definition) is 4. The van der Waals surface area contributed by atoms with Crippen LogP contribution in [0.3, 0.4) is 0 Å². The van der Waals surface area contributed by atoms with Gasteiger partial charge in [-0.05, 0) is 55.2 Å². The molecule has 6 heteroatoms. The van der Waals surface area contributed by atoms with Crippen molar-refractivity contribution in [2.75, 3.05) is 0 Å². The number of ether oxygens (including phenoxy) is 1. The Labute approximate surface area is 147 Å². The third kappa shape index (κ3) is 5.04. The molecule has 1 aromatic carbocycles. The molecule has 0 spiro atoms. The summed E-state index contributed by atoms with van der Waals surface area (Å²) in [5.74, 6) is 0.102. The first-order valence-electron chi connectivity index (χ1n) is 8.17. The number of aromatic nitrogens is 1. The van der Waals surface area contributed by atoms with Gasteiger partial charge in [0.15, 0.2) is 6.10 Å². The number of nitrogens with zero attached hydrogens (tertiary/aromatic N) is 1. The molecule has 0 saturated heterocycles. The van der Waals surface area contributed by atoms with Crippen molar-refractivity contribution in [3.05, 3.63) is 59.4 Å². The Morgan fingerprint density at radius 3 is 2.44 bits per heavy atom. The van der Waals surface area contributed by atoms with Crippen molar-refractivity contribution >= 4 is 11.8 Å². The lowest BCUT2D eigenvalue weighted by atomic mass is 9.98. The first-order valence-corrected chi connectivity index (χ1v) is 8.17. The minimum absolute atomic E-state index is 0.219. The van der Waals surface area contributed by atoms with Crippen LogP contribution in [0.2, 0.25) is 0 Å². The summed E-state index contributed by atoms with van der Waals surface area (Å²) in [6, 6.07) is 10.7. The fraction of sp³-hybridized carbons (Fsp3) is 0.316. The minimum atomic E-state index is -0.756. The van der Waals surface area contributed by atoms with Crippen molar-refractivity contribution in [3.63, 3.8) is 0 Å². The maximum atomic E-state index is 12.1. The number of nitrogens with one attached hydrogen (secondary N) is 2. The molecular weight excluding hydrogens is 318 g/mol. The number of pyridine rings is 1. The average Bonchev–Trinajstić information content (AvgIpc) is 2.59. The van der Waals surface area contributed by atoms with E-state index < -0.39 is 17.9 Å². The molecule has 25 heavy (non-hydrogen) atoms. The van der Waals surface area contributed by atoms with Crippen molar-refractivity contribution in [1.29, 1.82) is 0 Å². The summed E-state index contributed by atoms with van der Waals surface area (Å²) in [6.45, 7) is 7.89. The van der Waals surface area contributed by atoms with Gasteiger partial charge in [-0.2, -0.15) is 0 Å². The molecule has 6 nitrogen and oxygen atoms in total. The smallest absolute Gasteiger partial charge is 0.288 e. The van der Waals surface area contributed by atoms with Crippen LogP contribution in [0.25, 0.3) is 0 Å². The highest BCUT2D eigenvalue weighted by atomic mass is 16.5. The number of hydrogen-bond donors (Lipinski definition) is 2. The Balaban J connectivity index is 1.90. The molecule has 0 aliphatic rings. The van der Waals surface area contributed by atoms with Gasteiger partial charge in [-0.3, -0.25) is 25.4 Å². The van der Waals surface area contributed by atoms with Crippen molar-refractivity contribution < 1.29 is 14.3 Å². The quantitative estimate of drug-likeness (QED) is 0.820. The molecule has 0 unspecified atom stereocenters.